The quantitative estimate of drug-likeness (QED) is 0.380. The number of allylic oxidation sites excluding steroid dienone is 2. The van der Waals surface area contributed by atoms with Crippen LogP contribution in [-0.4, -0.2) is 13.5 Å². The lowest BCUT2D eigenvalue weighted by molar-refractivity contribution is 0.152. The van der Waals surface area contributed by atoms with E-state index in [1.807, 2.05) is 6.08 Å². The normalized spacial score (nSPS) is 28.3. The second-order valence-corrected chi connectivity index (χ2v) is 9.24. The monoisotopic (exact) mass is 404 g/mol. The molecule has 0 aromatic heterocycles. The highest BCUT2D eigenvalue weighted by Gasteiger charge is 2.31. The molecule has 0 unspecified atom stereocenters. The van der Waals surface area contributed by atoms with Gasteiger partial charge in [-0.15, -0.1) is 0 Å². The van der Waals surface area contributed by atoms with Gasteiger partial charge in [0.05, 0.1) is 6.61 Å². The van der Waals surface area contributed by atoms with Gasteiger partial charge in [-0.05, 0) is 86.2 Å². The number of methoxy groups -OCH3 is 1. The van der Waals surface area contributed by atoms with Crippen molar-refractivity contribution in [2.24, 2.45) is 17.8 Å². The lowest BCUT2D eigenvalue weighted by Gasteiger charge is -2.38. The molecule has 1 aromatic carbocycles. The van der Waals surface area contributed by atoms with Crippen LogP contribution in [-0.2, 0) is 11.3 Å². The van der Waals surface area contributed by atoms with Gasteiger partial charge in [0.25, 0.3) is 0 Å². The Bertz CT molecular complexity index is 594. The van der Waals surface area contributed by atoms with Crippen LogP contribution in [0.5, 0.6) is 0 Å². The molecule has 0 bridgehead atoms. The molecular weight excluding hydrogens is 366 g/mol. The van der Waals surface area contributed by atoms with Gasteiger partial charge in [-0.25, -0.2) is 8.78 Å². The van der Waals surface area contributed by atoms with Crippen molar-refractivity contribution >= 4 is 0 Å². The molecule has 1 aromatic rings. The minimum atomic E-state index is -2.20. The van der Waals surface area contributed by atoms with Crippen molar-refractivity contribution in [1.82, 2.24) is 0 Å². The molecule has 0 atom stereocenters. The smallest absolute Gasteiger partial charge is 0.242 e. The molecule has 29 heavy (non-hydrogen) atoms. The number of hydrogen-bond donors (Lipinski definition) is 0. The summed E-state index contributed by atoms with van der Waals surface area (Å²) >= 11 is 0. The third-order valence-corrected chi connectivity index (χ3v) is 7.31. The molecule has 0 saturated heterocycles. The van der Waals surface area contributed by atoms with Crippen molar-refractivity contribution in [2.45, 2.75) is 89.6 Å². The molecule has 2 aliphatic carbocycles. The van der Waals surface area contributed by atoms with E-state index in [-0.39, 0.29) is 6.42 Å². The maximum atomic E-state index is 12.1. The zero-order valence-electron chi connectivity index (χ0n) is 18.0. The largest absolute Gasteiger partial charge is 0.380 e. The fourth-order valence-electron chi connectivity index (χ4n) is 5.57. The third-order valence-electron chi connectivity index (χ3n) is 7.31. The van der Waals surface area contributed by atoms with Gasteiger partial charge in [-0.2, -0.15) is 0 Å². The molecule has 162 valence electrons. The molecule has 0 N–H and O–H groups in total. The molecule has 2 aliphatic rings. The Morgan fingerprint density at radius 3 is 2.10 bits per heavy atom. The van der Waals surface area contributed by atoms with E-state index >= 15 is 0 Å². The van der Waals surface area contributed by atoms with Gasteiger partial charge in [0.15, 0.2) is 0 Å². The summed E-state index contributed by atoms with van der Waals surface area (Å²) in [5, 5.41) is 0. The van der Waals surface area contributed by atoms with Gasteiger partial charge in [0, 0.05) is 13.5 Å². The Labute approximate surface area is 175 Å². The van der Waals surface area contributed by atoms with Gasteiger partial charge in [-0.3, -0.25) is 0 Å². The summed E-state index contributed by atoms with van der Waals surface area (Å²) in [5.74, 6) is 3.39. The lowest BCUT2D eigenvalue weighted by Crippen LogP contribution is -2.25. The van der Waals surface area contributed by atoms with E-state index in [1.54, 1.807) is 13.2 Å². The van der Waals surface area contributed by atoms with Crippen molar-refractivity contribution in [3.63, 3.8) is 0 Å². The highest BCUT2D eigenvalue weighted by atomic mass is 19.3. The molecule has 3 rings (SSSR count). The first-order valence-corrected chi connectivity index (χ1v) is 11.7. The summed E-state index contributed by atoms with van der Waals surface area (Å²) in [4.78, 5) is 0. The van der Waals surface area contributed by atoms with Crippen LogP contribution in [0.1, 0.15) is 87.7 Å². The van der Waals surface area contributed by atoms with Crippen LogP contribution in [0.2, 0.25) is 0 Å². The van der Waals surface area contributed by atoms with Crippen LogP contribution in [0.15, 0.2) is 36.4 Å². The highest BCUT2D eigenvalue weighted by Crippen LogP contribution is 2.44. The minimum Gasteiger partial charge on any atom is -0.380 e. The number of alkyl halides is 2. The van der Waals surface area contributed by atoms with Crippen LogP contribution < -0.4 is 0 Å². The molecule has 1 nitrogen and oxygen atoms in total. The summed E-state index contributed by atoms with van der Waals surface area (Å²) in [5.41, 5.74) is 2.76. The van der Waals surface area contributed by atoms with Crippen molar-refractivity contribution in [2.75, 3.05) is 7.11 Å². The van der Waals surface area contributed by atoms with E-state index in [4.69, 9.17) is 4.74 Å². The van der Waals surface area contributed by atoms with Crippen LogP contribution >= 0.6 is 0 Å². The number of rotatable bonds is 9. The minimum absolute atomic E-state index is 0.0906. The van der Waals surface area contributed by atoms with E-state index in [0.717, 1.165) is 30.1 Å². The molecule has 3 heteroatoms. The Morgan fingerprint density at radius 2 is 1.52 bits per heavy atom. The molecule has 0 spiro atoms. The van der Waals surface area contributed by atoms with E-state index in [9.17, 15) is 8.78 Å². The number of ether oxygens (including phenoxy) is 1. The fourth-order valence-corrected chi connectivity index (χ4v) is 5.57. The Morgan fingerprint density at radius 1 is 0.897 bits per heavy atom. The lowest BCUT2D eigenvalue weighted by atomic mass is 9.68. The summed E-state index contributed by atoms with van der Waals surface area (Å²) in [7, 11) is 1.75. The summed E-state index contributed by atoms with van der Waals surface area (Å²) in [6.07, 6.45) is 14.4. The van der Waals surface area contributed by atoms with Gasteiger partial charge in [0.1, 0.15) is 0 Å². The van der Waals surface area contributed by atoms with Gasteiger partial charge in [-0.1, -0.05) is 49.3 Å². The van der Waals surface area contributed by atoms with Gasteiger partial charge < -0.3 is 4.74 Å². The highest BCUT2D eigenvalue weighted by molar-refractivity contribution is 5.25. The summed E-state index contributed by atoms with van der Waals surface area (Å²) < 4.78 is 29.5. The maximum absolute atomic E-state index is 12.1. The number of halogens is 2. The van der Waals surface area contributed by atoms with Gasteiger partial charge in [0.2, 0.25) is 6.43 Å². The van der Waals surface area contributed by atoms with Gasteiger partial charge >= 0.3 is 0 Å². The van der Waals surface area contributed by atoms with E-state index in [2.05, 4.69) is 24.3 Å². The topological polar surface area (TPSA) is 9.23 Å². The Balaban J connectivity index is 1.35. The first kappa shape index (κ1) is 22.5. The number of hydrogen-bond acceptors (Lipinski definition) is 1. The second-order valence-electron chi connectivity index (χ2n) is 9.24. The van der Waals surface area contributed by atoms with Crippen LogP contribution in [0.4, 0.5) is 8.78 Å². The molecule has 2 saturated carbocycles. The fraction of sp³-hybridized carbons (Fsp3) is 0.692. The van der Waals surface area contributed by atoms with E-state index in [0.29, 0.717) is 6.61 Å². The zero-order chi connectivity index (χ0) is 20.5. The Kier molecular flexibility index (Phi) is 9.17. The van der Waals surface area contributed by atoms with Crippen molar-refractivity contribution in [3.8, 4) is 0 Å². The van der Waals surface area contributed by atoms with Crippen LogP contribution in [0, 0.1) is 17.8 Å². The first-order chi connectivity index (χ1) is 14.2. The molecule has 0 amide bonds. The van der Waals surface area contributed by atoms with Crippen molar-refractivity contribution in [1.29, 1.82) is 0 Å². The predicted molar refractivity (Wildman–Crippen MR) is 116 cm³/mol. The van der Waals surface area contributed by atoms with E-state index < -0.39 is 6.43 Å². The van der Waals surface area contributed by atoms with Crippen molar-refractivity contribution in [3.05, 3.63) is 47.5 Å². The molecule has 0 aliphatic heterocycles. The molecule has 0 heterocycles. The van der Waals surface area contributed by atoms with Crippen LogP contribution in [0.25, 0.3) is 0 Å². The predicted octanol–water partition coefficient (Wildman–Crippen LogP) is 7.90. The Hall–Kier alpha value is -1.22. The maximum Gasteiger partial charge on any atom is 0.242 e. The third kappa shape index (κ3) is 7.20. The average molecular weight is 405 g/mol. The molecule has 0 radical (unpaired) electrons. The average Bonchev–Trinajstić information content (AvgIpc) is 2.75. The summed E-state index contributed by atoms with van der Waals surface area (Å²) in [6.45, 7) is 0.696. The first-order valence-electron chi connectivity index (χ1n) is 11.7. The molecule has 2 fully saturated rings. The van der Waals surface area contributed by atoms with E-state index in [1.165, 1.54) is 68.9 Å². The molecular formula is C26H38F2O. The standard InChI is InChI=1S/C26H38F2O/c1-29-19-21-9-13-23(14-10-21)25-17-15-24(16-18-25)22-11-7-20(8-12-22)5-3-2-4-6-26(27)28/h2,4,9-10,13-14,20,22,24-26H,3,5-8,11-12,15-19H2,1H3/b4-2+/t20-,22-,24?,25?. The van der Waals surface area contributed by atoms with Crippen LogP contribution in [0.3, 0.4) is 0 Å². The zero-order valence-corrected chi connectivity index (χ0v) is 18.0. The SMILES string of the molecule is COCc1ccc(C2CCC([C@H]3CC[C@H](CC/C=C/CC(F)F)CC3)CC2)cc1. The number of benzene rings is 1. The summed E-state index contributed by atoms with van der Waals surface area (Å²) in [6, 6.07) is 9.05. The second kappa shape index (κ2) is 11.8. The van der Waals surface area contributed by atoms with Crippen molar-refractivity contribution < 1.29 is 13.5 Å².